The topological polar surface area (TPSA) is 135 Å². The molecule has 1 heterocycles. The van der Waals surface area contributed by atoms with E-state index in [0.29, 0.717) is 47.5 Å². The lowest BCUT2D eigenvalue weighted by atomic mass is 9.77. The van der Waals surface area contributed by atoms with Crippen LogP contribution in [0.5, 0.6) is 17.2 Å². The summed E-state index contributed by atoms with van der Waals surface area (Å²) in [5, 5.41) is 23.7. The van der Waals surface area contributed by atoms with E-state index in [0.717, 1.165) is 5.56 Å². The molecule has 0 saturated carbocycles. The lowest BCUT2D eigenvalue weighted by molar-refractivity contribution is -0.137. The van der Waals surface area contributed by atoms with Gasteiger partial charge in [0.2, 0.25) is 11.8 Å². The molecule has 2 aromatic rings. The summed E-state index contributed by atoms with van der Waals surface area (Å²) >= 11 is 0. The number of carbonyl (C=O) groups excluding carboxylic acids is 3. The highest BCUT2D eigenvalue weighted by atomic mass is 16.5. The molecule has 1 aliphatic heterocycles. The molecule has 1 aliphatic carbocycles. The van der Waals surface area contributed by atoms with Crippen LogP contribution in [0.1, 0.15) is 40.2 Å². The molecule has 0 saturated heterocycles. The largest absolute Gasteiger partial charge is 0.497 e. The molecule has 0 spiro atoms. The summed E-state index contributed by atoms with van der Waals surface area (Å²) < 4.78 is 17.0. The second-order valence-electron chi connectivity index (χ2n) is 9.92. The van der Waals surface area contributed by atoms with E-state index in [4.69, 9.17) is 14.2 Å². The molecular formula is C31H36N2O8. The molecule has 2 aliphatic rings. The summed E-state index contributed by atoms with van der Waals surface area (Å²) in [6, 6.07) is 9.77. The first-order chi connectivity index (χ1) is 19.9. The van der Waals surface area contributed by atoms with Crippen LogP contribution in [0.3, 0.4) is 0 Å². The number of nitrogens with one attached hydrogen (secondary N) is 1. The molecule has 4 rings (SSSR count). The van der Waals surface area contributed by atoms with E-state index in [1.807, 2.05) is 24.3 Å². The quantitative estimate of drug-likeness (QED) is 0.249. The van der Waals surface area contributed by atoms with E-state index in [1.54, 1.807) is 30.2 Å². The molecule has 0 radical (unpaired) electrons. The third-order valence-electron chi connectivity index (χ3n) is 7.43. The van der Waals surface area contributed by atoms with Crippen LogP contribution in [-0.4, -0.2) is 85.4 Å². The molecule has 0 unspecified atom stereocenters. The van der Waals surface area contributed by atoms with Gasteiger partial charge >= 0.3 is 0 Å². The summed E-state index contributed by atoms with van der Waals surface area (Å²) in [6.07, 6.45) is 2.90. The minimum Gasteiger partial charge on any atom is -0.497 e. The van der Waals surface area contributed by atoms with Crippen molar-refractivity contribution in [1.82, 2.24) is 10.2 Å². The maximum Gasteiger partial charge on any atom is 0.247 e. The van der Waals surface area contributed by atoms with Crippen molar-refractivity contribution in [3.8, 4) is 17.2 Å². The molecule has 0 fully saturated rings. The average molecular weight is 565 g/mol. The fourth-order valence-electron chi connectivity index (χ4n) is 5.45. The Morgan fingerprint density at radius 1 is 1.20 bits per heavy atom. The second kappa shape index (κ2) is 13.5. The zero-order chi connectivity index (χ0) is 29.5. The van der Waals surface area contributed by atoms with Crippen LogP contribution < -0.4 is 19.5 Å². The first-order valence-electron chi connectivity index (χ1n) is 13.5. The van der Waals surface area contributed by atoms with Crippen LogP contribution in [0.25, 0.3) is 0 Å². The zero-order valence-electron chi connectivity index (χ0n) is 23.2. The van der Waals surface area contributed by atoms with Gasteiger partial charge in [0.05, 0.1) is 32.8 Å². The number of rotatable bonds is 13. The Hall–Kier alpha value is -4.15. The van der Waals surface area contributed by atoms with E-state index in [1.165, 1.54) is 13.2 Å². The average Bonchev–Trinajstić information content (AvgIpc) is 3.39. The van der Waals surface area contributed by atoms with Crippen LogP contribution in [-0.2, 0) is 16.0 Å². The highest BCUT2D eigenvalue weighted by Crippen LogP contribution is 2.51. The third-order valence-corrected chi connectivity index (χ3v) is 7.43. The SMILES string of the molecule is C=CCCC(=O)N(CCc1cccc(OC)c1)[C@@H]1C=C(C(=O)NCCO)[C@@H]2c3cc(C=O)cc(OC)c3O[C@@H]2[C@H]1O. The minimum absolute atomic E-state index is 0.0179. The minimum atomic E-state index is -1.20. The van der Waals surface area contributed by atoms with Crippen LogP contribution in [0.15, 0.2) is 60.7 Å². The predicted octanol–water partition coefficient (Wildman–Crippen LogP) is 2.18. The van der Waals surface area contributed by atoms with Gasteiger partial charge in [-0.1, -0.05) is 18.2 Å². The standard InChI is InChI=1S/C31H36N2O8/c1-4-5-9-26(36)33(12-10-19-7-6-8-21(14-19)39-2)24-17-23(31(38)32-11-13-34)27-22-15-20(18-35)16-25(40-3)29(22)41-30(27)28(24)37/h4,6-8,14-18,24,27-28,30,34,37H,1,5,9-13H2,2-3H3,(H,32,38)/t24-,27+,28+,30+/m1/s1. The summed E-state index contributed by atoms with van der Waals surface area (Å²) in [6.45, 7) is 3.73. The lowest BCUT2D eigenvalue weighted by Crippen LogP contribution is -2.56. The third kappa shape index (κ3) is 6.28. The Labute approximate surface area is 239 Å². The van der Waals surface area contributed by atoms with Crippen molar-refractivity contribution >= 4 is 18.1 Å². The zero-order valence-corrected chi connectivity index (χ0v) is 23.2. The van der Waals surface area contributed by atoms with Crippen molar-refractivity contribution < 1.29 is 38.8 Å². The van der Waals surface area contributed by atoms with E-state index in [2.05, 4.69) is 11.9 Å². The Morgan fingerprint density at radius 3 is 2.68 bits per heavy atom. The van der Waals surface area contributed by atoms with E-state index in [-0.39, 0.29) is 37.6 Å². The van der Waals surface area contributed by atoms with Crippen molar-refractivity contribution in [2.75, 3.05) is 33.9 Å². The Bertz CT molecular complexity index is 1320. The fourth-order valence-corrected chi connectivity index (χ4v) is 5.45. The van der Waals surface area contributed by atoms with Gasteiger partial charge in [0.15, 0.2) is 11.5 Å². The van der Waals surface area contributed by atoms with Crippen LogP contribution in [0.2, 0.25) is 0 Å². The molecular weight excluding hydrogens is 528 g/mol. The molecule has 10 nitrogen and oxygen atoms in total. The second-order valence-corrected chi connectivity index (χ2v) is 9.92. The number of methoxy groups -OCH3 is 2. The number of aliphatic hydroxyl groups excluding tert-OH is 2. The van der Waals surface area contributed by atoms with Crippen molar-refractivity contribution in [3.05, 3.63) is 77.4 Å². The molecule has 10 heteroatoms. The van der Waals surface area contributed by atoms with Gasteiger partial charge in [-0.2, -0.15) is 0 Å². The Balaban J connectivity index is 1.76. The Kier molecular flexibility index (Phi) is 9.80. The van der Waals surface area contributed by atoms with Gasteiger partial charge < -0.3 is 34.6 Å². The molecule has 4 atom stereocenters. The summed E-state index contributed by atoms with van der Waals surface area (Å²) in [7, 11) is 3.03. The number of nitrogens with zero attached hydrogens (tertiary/aromatic N) is 1. The number of aliphatic hydroxyl groups is 2. The lowest BCUT2D eigenvalue weighted by Gasteiger charge is -2.41. The van der Waals surface area contributed by atoms with Crippen LogP contribution in [0.4, 0.5) is 0 Å². The highest BCUT2D eigenvalue weighted by molar-refractivity contribution is 5.96. The molecule has 3 N–H and O–H groups in total. The molecule has 0 bridgehead atoms. The number of amides is 2. The van der Waals surface area contributed by atoms with Crippen molar-refractivity contribution in [3.63, 3.8) is 0 Å². The number of benzene rings is 2. The normalized spacial score (nSPS) is 20.5. The predicted molar refractivity (Wildman–Crippen MR) is 151 cm³/mol. The van der Waals surface area contributed by atoms with Crippen molar-refractivity contribution in [2.45, 2.75) is 43.4 Å². The number of fused-ring (bicyclic) bond motifs is 3. The number of hydrogen-bond acceptors (Lipinski definition) is 8. The maximum atomic E-state index is 13.5. The van der Waals surface area contributed by atoms with E-state index >= 15 is 0 Å². The van der Waals surface area contributed by atoms with Crippen LogP contribution >= 0.6 is 0 Å². The number of carbonyl (C=O) groups is 3. The first-order valence-corrected chi connectivity index (χ1v) is 13.5. The maximum absolute atomic E-state index is 13.5. The Morgan fingerprint density at radius 2 is 2.00 bits per heavy atom. The smallest absolute Gasteiger partial charge is 0.247 e. The number of allylic oxidation sites excluding steroid dienone is 1. The van der Waals surface area contributed by atoms with Gasteiger partial charge in [-0.15, -0.1) is 6.58 Å². The van der Waals surface area contributed by atoms with Gasteiger partial charge in [-0.05, 0) is 48.7 Å². The van der Waals surface area contributed by atoms with Gasteiger partial charge in [-0.25, -0.2) is 0 Å². The molecule has 218 valence electrons. The first kappa shape index (κ1) is 29.8. The molecule has 2 amide bonds. The molecule has 0 aromatic heterocycles. The van der Waals surface area contributed by atoms with Crippen LogP contribution in [0, 0.1) is 0 Å². The van der Waals surface area contributed by atoms with E-state index in [9.17, 15) is 24.6 Å². The number of ether oxygens (including phenoxy) is 3. The molecule has 2 aromatic carbocycles. The monoisotopic (exact) mass is 564 g/mol. The van der Waals surface area contributed by atoms with Crippen molar-refractivity contribution in [1.29, 1.82) is 0 Å². The highest BCUT2D eigenvalue weighted by Gasteiger charge is 2.51. The number of hydrogen-bond donors (Lipinski definition) is 3. The van der Waals surface area contributed by atoms with Gasteiger partial charge in [0.1, 0.15) is 24.2 Å². The summed E-state index contributed by atoms with van der Waals surface area (Å²) in [5.41, 5.74) is 2.07. The van der Waals surface area contributed by atoms with E-state index < -0.39 is 30.1 Å². The fraction of sp³-hybridized carbons (Fsp3) is 0.387. The van der Waals surface area contributed by atoms with Gasteiger partial charge in [0, 0.05) is 36.2 Å². The van der Waals surface area contributed by atoms with Gasteiger partial charge in [0.25, 0.3) is 0 Å². The molecule has 41 heavy (non-hydrogen) atoms. The number of aldehydes is 1. The van der Waals surface area contributed by atoms with Crippen molar-refractivity contribution in [2.24, 2.45) is 0 Å². The van der Waals surface area contributed by atoms with Gasteiger partial charge in [-0.3, -0.25) is 14.4 Å². The summed E-state index contributed by atoms with van der Waals surface area (Å²) in [4.78, 5) is 40.2. The summed E-state index contributed by atoms with van der Waals surface area (Å²) in [5.74, 6) is -0.0881.